The molecule has 16 heavy (non-hydrogen) atoms. The second kappa shape index (κ2) is 4.39. The average molecular weight is 234 g/mol. The van der Waals surface area contributed by atoms with Crippen LogP contribution in [0.5, 0.6) is 0 Å². The van der Waals surface area contributed by atoms with E-state index in [1.807, 2.05) is 6.07 Å². The zero-order valence-electron chi connectivity index (χ0n) is 8.98. The molecule has 0 spiro atoms. The highest BCUT2D eigenvalue weighted by Gasteiger charge is 2.15. The SMILES string of the molecule is c1ccc2sc(NCC3CCOC3)nc2c1. The van der Waals surface area contributed by atoms with E-state index in [2.05, 4.69) is 28.5 Å². The molecule has 1 saturated heterocycles. The lowest BCUT2D eigenvalue weighted by atomic mass is 10.1. The maximum absolute atomic E-state index is 5.35. The van der Waals surface area contributed by atoms with Crippen molar-refractivity contribution in [2.45, 2.75) is 6.42 Å². The number of nitrogens with zero attached hydrogens (tertiary/aromatic N) is 1. The lowest BCUT2D eigenvalue weighted by molar-refractivity contribution is 0.187. The summed E-state index contributed by atoms with van der Waals surface area (Å²) in [5.74, 6) is 0.645. The van der Waals surface area contributed by atoms with E-state index in [0.717, 1.165) is 36.8 Å². The van der Waals surface area contributed by atoms with E-state index >= 15 is 0 Å². The Morgan fingerprint density at radius 1 is 1.44 bits per heavy atom. The number of aromatic nitrogens is 1. The fraction of sp³-hybridized carbons (Fsp3) is 0.417. The minimum atomic E-state index is 0.645. The molecule has 0 bridgehead atoms. The van der Waals surface area contributed by atoms with Crippen molar-refractivity contribution in [3.63, 3.8) is 0 Å². The van der Waals surface area contributed by atoms with E-state index in [1.165, 1.54) is 4.70 Å². The third-order valence-corrected chi connectivity index (χ3v) is 3.85. The summed E-state index contributed by atoms with van der Waals surface area (Å²) in [5, 5.41) is 4.42. The number of ether oxygens (including phenoxy) is 1. The predicted molar refractivity (Wildman–Crippen MR) is 67.0 cm³/mol. The molecule has 0 saturated carbocycles. The van der Waals surface area contributed by atoms with E-state index in [4.69, 9.17) is 4.74 Å². The lowest BCUT2D eigenvalue weighted by Crippen LogP contribution is -2.13. The molecule has 1 aliphatic rings. The van der Waals surface area contributed by atoms with Crippen LogP contribution in [0.25, 0.3) is 10.2 Å². The topological polar surface area (TPSA) is 34.1 Å². The first kappa shape index (κ1) is 10.1. The summed E-state index contributed by atoms with van der Waals surface area (Å²) in [7, 11) is 0. The smallest absolute Gasteiger partial charge is 0.183 e. The molecule has 1 fully saturated rings. The van der Waals surface area contributed by atoms with Crippen LogP contribution < -0.4 is 5.32 Å². The molecule has 0 radical (unpaired) electrons. The Labute approximate surface area is 98.5 Å². The summed E-state index contributed by atoms with van der Waals surface area (Å²) in [4.78, 5) is 4.54. The van der Waals surface area contributed by atoms with Crippen molar-refractivity contribution in [1.82, 2.24) is 4.98 Å². The molecule has 1 unspecified atom stereocenters. The summed E-state index contributed by atoms with van der Waals surface area (Å²) < 4.78 is 6.59. The second-order valence-electron chi connectivity index (χ2n) is 4.10. The summed E-state index contributed by atoms with van der Waals surface area (Å²) >= 11 is 1.72. The molecular weight excluding hydrogens is 220 g/mol. The van der Waals surface area contributed by atoms with Crippen LogP contribution in [0.15, 0.2) is 24.3 Å². The Kier molecular flexibility index (Phi) is 2.76. The highest BCUT2D eigenvalue weighted by molar-refractivity contribution is 7.22. The van der Waals surface area contributed by atoms with Crippen LogP contribution in [0.1, 0.15) is 6.42 Å². The number of anilines is 1. The van der Waals surface area contributed by atoms with Crippen molar-refractivity contribution < 1.29 is 4.74 Å². The molecule has 0 amide bonds. The number of benzene rings is 1. The maximum Gasteiger partial charge on any atom is 0.183 e. The van der Waals surface area contributed by atoms with Crippen molar-refractivity contribution in [2.75, 3.05) is 25.1 Å². The Morgan fingerprint density at radius 2 is 2.38 bits per heavy atom. The number of nitrogens with one attached hydrogen (secondary N) is 1. The number of hydrogen-bond acceptors (Lipinski definition) is 4. The van der Waals surface area contributed by atoms with E-state index in [-0.39, 0.29) is 0 Å². The first-order chi connectivity index (χ1) is 7.92. The molecule has 1 atom stereocenters. The Bertz CT molecular complexity index is 444. The minimum absolute atomic E-state index is 0.645. The maximum atomic E-state index is 5.35. The molecule has 0 aliphatic carbocycles. The van der Waals surface area contributed by atoms with Gasteiger partial charge in [-0.1, -0.05) is 23.5 Å². The monoisotopic (exact) mass is 234 g/mol. The highest BCUT2D eigenvalue weighted by atomic mass is 32.1. The summed E-state index contributed by atoms with van der Waals surface area (Å²) in [6.07, 6.45) is 1.16. The van der Waals surface area contributed by atoms with E-state index in [9.17, 15) is 0 Å². The molecule has 1 N–H and O–H groups in total. The summed E-state index contributed by atoms with van der Waals surface area (Å²) in [6, 6.07) is 8.23. The number of thiazole rings is 1. The van der Waals surface area contributed by atoms with Crippen molar-refractivity contribution in [1.29, 1.82) is 0 Å². The zero-order chi connectivity index (χ0) is 10.8. The molecule has 2 aromatic rings. The normalized spacial score (nSPS) is 20.4. The zero-order valence-corrected chi connectivity index (χ0v) is 9.80. The van der Waals surface area contributed by atoms with Gasteiger partial charge in [0.15, 0.2) is 5.13 Å². The summed E-state index contributed by atoms with van der Waals surface area (Å²) in [6.45, 7) is 2.77. The van der Waals surface area contributed by atoms with Crippen LogP contribution in [0.3, 0.4) is 0 Å². The Hall–Kier alpha value is -1.13. The Morgan fingerprint density at radius 3 is 3.19 bits per heavy atom. The van der Waals surface area contributed by atoms with Gasteiger partial charge in [-0.15, -0.1) is 0 Å². The number of rotatable bonds is 3. The van der Waals surface area contributed by atoms with Crippen LogP contribution >= 0.6 is 11.3 Å². The van der Waals surface area contributed by atoms with Gasteiger partial charge in [0.1, 0.15) is 0 Å². The number of hydrogen-bond donors (Lipinski definition) is 1. The quantitative estimate of drug-likeness (QED) is 0.886. The van der Waals surface area contributed by atoms with Gasteiger partial charge in [-0.3, -0.25) is 0 Å². The second-order valence-corrected chi connectivity index (χ2v) is 5.13. The van der Waals surface area contributed by atoms with Gasteiger partial charge < -0.3 is 10.1 Å². The minimum Gasteiger partial charge on any atom is -0.381 e. The fourth-order valence-corrected chi connectivity index (χ4v) is 2.80. The number of para-hydroxylation sites is 1. The van der Waals surface area contributed by atoms with Gasteiger partial charge in [-0.25, -0.2) is 4.98 Å². The van der Waals surface area contributed by atoms with Crippen LogP contribution in [-0.2, 0) is 4.74 Å². The predicted octanol–water partition coefficient (Wildman–Crippen LogP) is 2.74. The molecule has 1 aromatic heterocycles. The van der Waals surface area contributed by atoms with E-state index < -0.39 is 0 Å². The molecule has 3 nitrogen and oxygen atoms in total. The van der Waals surface area contributed by atoms with E-state index in [1.54, 1.807) is 11.3 Å². The van der Waals surface area contributed by atoms with Gasteiger partial charge in [0.25, 0.3) is 0 Å². The molecule has 1 aliphatic heterocycles. The van der Waals surface area contributed by atoms with Gasteiger partial charge in [-0.05, 0) is 18.6 Å². The largest absolute Gasteiger partial charge is 0.381 e. The third-order valence-electron chi connectivity index (χ3n) is 2.86. The Balaban J connectivity index is 1.69. The standard InChI is InChI=1S/C12H14N2OS/c1-2-4-11-10(3-1)14-12(16-11)13-7-9-5-6-15-8-9/h1-4,9H,5-8H2,(H,13,14). The molecule has 3 rings (SSSR count). The molecule has 1 aromatic carbocycles. The third kappa shape index (κ3) is 2.03. The van der Waals surface area contributed by atoms with Crippen molar-refractivity contribution in [2.24, 2.45) is 5.92 Å². The van der Waals surface area contributed by atoms with Crippen molar-refractivity contribution >= 4 is 26.7 Å². The molecule has 84 valence electrons. The molecular formula is C12H14N2OS. The first-order valence-electron chi connectivity index (χ1n) is 5.59. The van der Waals surface area contributed by atoms with Crippen molar-refractivity contribution in [3.05, 3.63) is 24.3 Å². The number of fused-ring (bicyclic) bond motifs is 1. The van der Waals surface area contributed by atoms with Gasteiger partial charge in [-0.2, -0.15) is 0 Å². The molecule has 2 heterocycles. The van der Waals surface area contributed by atoms with Crippen LogP contribution in [0, 0.1) is 5.92 Å². The molecule has 4 heteroatoms. The van der Waals surface area contributed by atoms with Gasteiger partial charge in [0, 0.05) is 19.1 Å². The van der Waals surface area contributed by atoms with Gasteiger partial charge in [0.05, 0.1) is 16.8 Å². The van der Waals surface area contributed by atoms with Gasteiger partial charge >= 0.3 is 0 Å². The highest BCUT2D eigenvalue weighted by Crippen LogP contribution is 2.25. The van der Waals surface area contributed by atoms with E-state index in [0.29, 0.717) is 5.92 Å². The van der Waals surface area contributed by atoms with Crippen LogP contribution in [-0.4, -0.2) is 24.7 Å². The average Bonchev–Trinajstić information content (AvgIpc) is 2.95. The van der Waals surface area contributed by atoms with Crippen LogP contribution in [0.4, 0.5) is 5.13 Å². The van der Waals surface area contributed by atoms with Crippen LogP contribution in [0.2, 0.25) is 0 Å². The van der Waals surface area contributed by atoms with Crippen molar-refractivity contribution in [3.8, 4) is 0 Å². The lowest BCUT2D eigenvalue weighted by Gasteiger charge is -2.07. The van der Waals surface area contributed by atoms with Gasteiger partial charge in [0.2, 0.25) is 0 Å². The fourth-order valence-electron chi connectivity index (χ4n) is 1.92. The first-order valence-corrected chi connectivity index (χ1v) is 6.40. The summed E-state index contributed by atoms with van der Waals surface area (Å²) in [5.41, 5.74) is 1.08.